The Labute approximate surface area is 159 Å². The van der Waals surface area contributed by atoms with Crippen LogP contribution in [0.2, 0.25) is 0 Å². The van der Waals surface area contributed by atoms with Crippen LogP contribution in [0.4, 0.5) is 0 Å². The Morgan fingerprint density at radius 3 is 2.60 bits per heavy atom. The summed E-state index contributed by atoms with van der Waals surface area (Å²) in [6.45, 7) is 0.343. The minimum absolute atomic E-state index is 0.116. The van der Waals surface area contributed by atoms with Crippen LogP contribution in [0.1, 0.15) is 16.1 Å². The maximum Gasteiger partial charge on any atom is 0.252 e. The summed E-state index contributed by atoms with van der Waals surface area (Å²) in [5.74, 6) is 0.678. The zero-order valence-electron chi connectivity index (χ0n) is 13.6. The van der Waals surface area contributed by atoms with Crippen molar-refractivity contribution in [2.45, 2.75) is 6.54 Å². The highest BCUT2D eigenvalue weighted by molar-refractivity contribution is 14.1. The van der Waals surface area contributed by atoms with Gasteiger partial charge < -0.3 is 10.1 Å². The van der Waals surface area contributed by atoms with Crippen LogP contribution < -0.4 is 10.1 Å². The summed E-state index contributed by atoms with van der Waals surface area (Å²) in [6.07, 6.45) is 1.51. The second kappa shape index (κ2) is 8.06. The highest BCUT2D eigenvalue weighted by atomic mass is 127. The van der Waals surface area contributed by atoms with Gasteiger partial charge in [0.1, 0.15) is 12.1 Å². The Morgan fingerprint density at radius 2 is 1.88 bits per heavy atom. The van der Waals surface area contributed by atoms with Gasteiger partial charge in [-0.15, -0.1) is 0 Å². The number of ether oxygens (including phenoxy) is 1. The van der Waals surface area contributed by atoms with Gasteiger partial charge in [-0.2, -0.15) is 0 Å². The summed E-state index contributed by atoms with van der Waals surface area (Å²) in [7, 11) is 1.63. The maximum absolute atomic E-state index is 12.3. The van der Waals surface area contributed by atoms with Gasteiger partial charge in [0.25, 0.3) is 5.91 Å². The molecule has 5 nitrogen and oxygen atoms in total. The van der Waals surface area contributed by atoms with Crippen LogP contribution >= 0.6 is 22.6 Å². The van der Waals surface area contributed by atoms with Crippen LogP contribution in [0.5, 0.6) is 5.75 Å². The Hall–Kier alpha value is -2.48. The van der Waals surface area contributed by atoms with Gasteiger partial charge in [0.15, 0.2) is 0 Å². The maximum atomic E-state index is 12.3. The normalized spacial score (nSPS) is 10.3. The predicted octanol–water partition coefficient (Wildman–Crippen LogP) is 3.69. The van der Waals surface area contributed by atoms with Crippen molar-refractivity contribution in [1.82, 2.24) is 15.3 Å². The molecule has 1 N–H and O–H groups in total. The molecule has 0 spiro atoms. The molecule has 3 aromatic rings. The minimum atomic E-state index is -0.116. The summed E-state index contributed by atoms with van der Waals surface area (Å²) >= 11 is 2.15. The van der Waals surface area contributed by atoms with Crippen molar-refractivity contribution >= 4 is 28.5 Å². The summed E-state index contributed by atoms with van der Waals surface area (Å²) in [6, 6.07) is 17.0. The van der Waals surface area contributed by atoms with Crippen LogP contribution in [0.25, 0.3) is 11.3 Å². The van der Waals surface area contributed by atoms with Crippen molar-refractivity contribution in [3.63, 3.8) is 0 Å². The third kappa shape index (κ3) is 4.33. The topological polar surface area (TPSA) is 64.1 Å². The van der Waals surface area contributed by atoms with Gasteiger partial charge in [-0.1, -0.05) is 12.1 Å². The second-order valence-electron chi connectivity index (χ2n) is 5.29. The van der Waals surface area contributed by atoms with Crippen LogP contribution in [-0.2, 0) is 6.54 Å². The molecule has 126 valence electrons. The molecule has 6 heteroatoms. The highest BCUT2D eigenvalue weighted by Crippen LogP contribution is 2.20. The van der Waals surface area contributed by atoms with Crippen molar-refractivity contribution in [3.8, 4) is 17.0 Å². The SMILES string of the molecule is COc1ccc(-c2cc(CNC(=O)c3ccccc3I)ncn2)cc1. The quantitative estimate of drug-likeness (QED) is 0.609. The number of carbonyl (C=O) groups is 1. The lowest BCUT2D eigenvalue weighted by molar-refractivity contribution is 0.0949. The lowest BCUT2D eigenvalue weighted by Gasteiger charge is -2.08. The van der Waals surface area contributed by atoms with E-state index in [-0.39, 0.29) is 5.91 Å². The number of rotatable bonds is 5. The fourth-order valence-electron chi connectivity index (χ4n) is 2.33. The van der Waals surface area contributed by atoms with Crippen molar-refractivity contribution in [2.24, 2.45) is 0 Å². The standard InChI is InChI=1S/C19H16IN3O2/c1-25-15-8-6-13(7-9-15)18-10-14(22-12-23-18)11-21-19(24)16-4-2-3-5-17(16)20/h2-10,12H,11H2,1H3,(H,21,24). The molecular weight excluding hydrogens is 429 g/mol. The Bertz CT molecular complexity index is 882. The number of carbonyl (C=O) groups excluding carboxylic acids is 1. The van der Waals surface area contributed by atoms with Crippen LogP contribution in [0.15, 0.2) is 60.9 Å². The second-order valence-corrected chi connectivity index (χ2v) is 6.45. The van der Waals surface area contributed by atoms with Gasteiger partial charge in [0.05, 0.1) is 30.6 Å². The highest BCUT2D eigenvalue weighted by Gasteiger charge is 2.09. The van der Waals surface area contributed by atoms with E-state index < -0.39 is 0 Å². The van der Waals surface area contributed by atoms with E-state index >= 15 is 0 Å². The first-order chi connectivity index (χ1) is 12.2. The molecule has 0 aliphatic rings. The van der Waals surface area contributed by atoms with E-state index in [0.29, 0.717) is 12.1 Å². The van der Waals surface area contributed by atoms with Crippen molar-refractivity contribution < 1.29 is 9.53 Å². The van der Waals surface area contributed by atoms with Crippen LogP contribution in [-0.4, -0.2) is 23.0 Å². The zero-order valence-corrected chi connectivity index (χ0v) is 15.7. The predicted molar refractivity (Wildman–Crippen MR) is 104 cm³/mol. The molecule has 25 heavy (non-hydrogen) atoms. The molecule has 0 fully saturated rings. The summed E-state index contributed by atoms with van der Waals surface area (Å²) in [5, 5.41) is 2.90. The largest absolute Gasteiger partial charge is 0.497 e. The fourth-order valence-corrected chi connectivity index (χ4v) is 2.96. The van der Waals surface area contributed by atoms with Gasteiger partial charge in [0.2, 0.25) is 0 Å². The van der Waals surface area contributed by atoms with Crippen LogP contribution in [0, 0.1) is 3.57 Å². The van der Waals surface area contributed by atoms with E-state index in [1.807, 2.05) is 48.5 Å². The molecule has 1 heterocycles. The van der Waals surface area contributed by atoms with E-state index in [1.54, 1.807) is 13.2 Å². The van der Waals surface area contributed by atoms with E-state index in [0.717, 1.165) is 26.3 Å². The Morgan fingerprint density at radius 1 is 1.12 bits per heavy atom. The number of nitrogens with one attached hydrogen (secondary N) is 1. The molecule has 2 aromatic carbocycles. The summed E-state index contributed by atoms with van der Waals surface area (Å²) in [5.41, 5.74) is 3.18. The van der Waals surface area contributed by atoms with Gasteiger partial charge >= 0.3 is 0 Å². The molecule has 0 radical (unpaired) electrons. The molecular formula is C19H16IN3O2. The zero-order chi connectivity index (χ0) is 17.6. The Balaban J connectivity index is 1.71. The number of hydrogen-bond donors (Lipinski definition) is 1. The molecule has 0 atom stereocenters. The molecule has 1 amide bonds. The first-order valence-corrected chi connectivity index (χ1v) is 8.73. The third-order valence-electron chi connectivity index (χ3n) is 3.66. The molecule has 3 rings (SSSR count). The molecule has 0 aliphatic heterocycles. The fraction of sp³-hybridized carbons (Fsp3) is 0.105. The van der Waals surface area contributed by atoms with Gasteiger partial charge in [-0.3, -0.25) is 4.79 Å². The average Bonchev–Trinajstić information content (AvgIpc) is 2.67. The van der Waals surface area contributed by atoms with Crippen molar-refractivity contribution in [3.05, 3.63) is 75.8 Å². The lowest BCUT2D eigenvalue weighted by Crippen LogP contribution is -2.24. The van der Waals surface area contributed by atoms with Gasteiger partial charge in [-0.25, -0.2) is 9.97 Å². The number of hydrogen-bond acceptors (Lipinski definition) is 4. The van der Waals surface area contributed by atoms with Crippen LogP contribution in [0.3, 0.4) is 0 Å². The van der Waals surface area contributed by atoms with Crippen molar-refractivity contribution in [2.75, 3.05) is 7.11 Å². The number of nitrogens with zero attached hydrogens (tertiary/aromatic N) is 2. The first-order valence-electron chi connectivity index (χ1n) is 7.65. The van der Waals surface area contributed by atoms with Gasteiger partial charge in [-0.05, 0) is 65.1 Å². The number of aromatic nitrogens is 2. The number of amides is 1. The first kappa shape index (κ1) is 17.3. The van der Waals surface area contributed by atoms with Crippen molar-refractivity contribution in [1.29, 1.82) is 0 Å². The monoisotopic (exact) mass is 445 g/mol. The average molecular weight is 445 g/mol. The molecule has 1 aromatic heterocycles. The third-order valence-corrected chi connectivity index (χ3v) is 4.60. The van der Waals surface area contributed by atoms with Gasteiger partial charge in [0, 0.05) is 9.13 Å². The van der Waals surface area contributed by atoms with E-state index in [9.17, 15) is 4.79 Å². The molecule has 0 aliphatic carbocycles. The number of benzene rings is 2. The Kier molecular flexibility index (Phi) is 5.60. The van der Waals surface area contributed by atoms with E-state index in [2.05, 4.69) is 37.9 Å². The van der Waals surface area contributed by atoms with E-state index in [4.69, 9.17) is 4.74 Å². The molecule has 0 saturated heterocycles. The minimum Gasteiger partial charge on any atom is -0.497 e. The summed E-state index contributed by atoms with van der Waals surface area (Å²) in [4.78, 5) is 20.8. The molecule has 0 saturated carbocycles. The summed E-state index contributed by atoms with van der Waals surface area (Å²) < 4.78 is 6.08. The molecule has 0 unspecified atom stereocenters. The number of halogens is 1. The van der Waals surface area contributed by atoms with E-state index in [1.165, 1.54) is 6.33 Å². The molecule has 0 bridgehead atoms. The number of methoxy groups -OCH3 is 1. The smallest absolute Gasteiger partial charge is 0.252 e. The lowest BCUT2D eigenvalue weighted by atomic mass is 10.1.